The number of anilines is 1. The molecule has 1 aromatic rings. The second-order valence-electron chi connectivity index (χ2n) is 4.63. The van der Waals surface area contributed by atoms with Crippen LogP contribution in [0.15, 0.2) is 18.2 Å². The first-order valence-corrected chi connectivity index (χ1v) is 5.89. The molecule has 0 aliphatic rings. The van der Waals surface area contributed by atoms with E-state index in [1.165, 1.54) is 17.7 Å². The highest BCUT2D eigenvalue weighted by atomic mass is 35.5. The van der Waals surface area contributed by atoms with Gasteiger partial charge in [-0.1, -0.05) is 25.4 Å². The first kappa shape index (κ1) is 12.4. The van der Waals surface area contributed by atoms with Gasteiger partial charge < -0.3 is 5.32 Å². The third-order valence-electron chi connectivity index (χ3n) is 2.42. The number of halogens is 1. The Kier molecular flexibility index (Phi) is 4.46. The average Bonchev–Trinajstić information content (AvgIpc) is 2.08. The van der Waals surface area contributed by atoms with Gasteiger partial charge in [0, 0.05) is 16.8 Å². The van der Waals surface area contributed by atoms with E-state index in [4.69, 9.17) is 11.6 Å². The first-order chi connectivity index (χ1) is 6.99. The minimum absolute atomic E-state index is 0.505. The molecule has 0 aromatic heterocycles. The van der Waals surface area contributed by atoms with Crippen molar-refractivity contribution in [2.45, 2.75) is 40.2 Å². The van der Waals surface area contributed by atoms with Crippen LogP contribution in [-0.4, -0.2) is 6.04 Å². The minimum Gasteiger partial charge on any atom is -0.382 e. The molecule has 1 N–H and O–H groups in total. The van der Waals surface area contributed by atoms with Gasteiger partial charge in [0.2, 0.25) is 0 Å². The Bertz CT molecular complexity index is 320. The summed E-state index contributed by atoms with van der Waals surface area (Å²) in [5.41, 5.74) is 2.39. The van der Waals surface area contributed by atoms with Crippen molar-refractivity contribution in [2.24, 2.45) is 5.92 Å². The summed E-state index contributed by atoms with van der Waals surface area (Å²) in [5, 5.41) is 4.31. The van der Waals surface area contributed by atoms with Gasteiger partial charge in [-0.05, 0) is 49.9 Å². The zero-order chi connectivity index (χ0) is 11.4. The fourth-order valence-corrected chi connectivity index (χ4v) is 2.05. The van der Waals surface area contributed by atoms with E-state index in [2.05, 4.69) is 39.1 Å². The van der Waals surface area contributed by atoms with Crippen molar-refractivity contribution in [1.29, 1.82) is 0 Å². The predicted molar refractivity (Wildman–Crippen MR) is 68.7 cm³/mol. The van der Waals surface area contributed by atoms with E-state index in [1.54, 1.807) is 0 Å². The zero-order valence-corrected chi connectivity index (χ0v) is 10.7. The average molecular weight is 226 g/mol. The maximum atomic E-state index is 5.91. The second kappa shape index (κ2) is 5.41. The monoisotopic (exact) mass is 225 g/mol. The summed E-state index contributed by atoms with van der Waals surface area (Å²) < 4.78 is 0. The molecule has 0 heterocycles. The molecule has 0 aliphatic heterocycles. The summed E-state index contributed by atoms with van der Waals surface area (Å²) in [6.45, 7) is 8.78. The van der Waals surface area contributed by atoms with Crippen molar-refractivity contribution < 1.29 is 0 Å². The van der Waals surface area contributed by atoms with Gasteiger partial charge in [0.1, 0.15) is 0 Å². The number of nitrogens with one attached hydrogen (secondary N) is 1. The highest BCUT2D eigenvalue weighted by Crippen LogP contribution is 2.21. The first-order valence-electron chi connectivity index (χ1n) is 5.51. The van der Waals surface area contributed by atoms with E-state index in [9.17, 15) is 0 Å². The van der Waals surface area contributed by atoms with E-state index < -0.39 is 0 Å². The maximum Gasteiger partial charge on any atom is 0.0410 e. The van der Waals surface area contributed by atoms with Gasteiger partial charge in [-0.25, -0.2) is 0 Å². The SMILES string of the molecule is Cc1cc(Cl)ccc1NC(C)CC(C)C. The van der Waals surface area contributed by atoms with Crippen LogP contribution in [0.3, 0.4) is 0 Å². The van der Waals surface area contributed by atoms with E-state index in [0.29, 0.717) is 6.04 Å². The Morgan fingerprint density at radius 2 is 1.93 bits per heavy atom. The zero-order valence-electron chi connectivity index (χ0n) is 9.97. The molecular formula is C13H20ClN. The number of benzene rings is 1. The van der Waals surface area contributed by atoms with Gasteiger partial charge in [0.15, 0.2) is 0 Å². The van der Waals surface area contributed by atoms with Crippen LogP contribution in [0, 0.1) is 12.8 Å². The number of hydrogen-bond acceptors (Lipinski definition) is 1. The smallest absolute Gasteiger partial charge is 0.0410 e. The van der Waals surface area contributed by atoms with E-state index in [0.717, 1.165) is 10.9 Å². The molecule has 0 saturated heterocycles. The second-order valence-corrected chi connectivity index (χ2v) is 5.07. The Labute approximate surface area is 97.8 Å². The largest absolute Gasteiger partial charge is 0.382 e. The Morgan fingerprint density at radius 3 is 2.47 bits per heavy atom. The molecule has 0 fully saturated rings. The van der Waals surface area contributed by atoms with Crippen LogP contribution < -0.4 is 5.32 Å². The van der Waals surface area contributed by atoms with E-state index in [1.807, 2.05) is 12.1 Å². The van der Waals surface area contributed by atoms with Crippen LogP contribution in [0.5, 0.6) is 0 Å². The predicted octanol–water partition coefficient (Wildman–Crippen LogP) is 4.49. The fourth-order valence-electron chi connectivity index (χ4n) is 1.82. The summed E-state index contributed by atoms with van der Waals surface area (Å²) in [6.07, 6.45) is 1.18. The lowest BCUT2D eigenvalue weighted by atomic mass is 10.0. The molecule has 1 atom stereocenters. The van der Waals surface area contributed by atoms with Crippen molar-refractivity contribution in [2.75, 3.05) is 5.32 Å². The Balaban J connectivity index is 2.64. The Morgan fingerprint density at radius 1 is 1.27 bits per heavy atom. The molecule has 1 aromatic carbocycles. The molecule has 15 heavy (non-hydrogen) atoms. The molecule has 0 aliphatic carbocycles. The van der Waals surface area contributed by atoms with Crippen molar-refractivity contribution in [1.82, 2.24) is 0 Å². The lowest BCUT2D eigenvalue weighted by molar-refractivity contribution is 0.539. The summed E-state index contributed by atoms with van der Waals surface area (Å²) >= 11 is 5.91. The quantitative estimate of drug-likeness (QED) is 0.796. The van der Waals surface area contributed by atoms with Gasteiger partial charge >= 0.3 is 0 Å². The topological polar surface area (TPSA) is 12.0 Å². The maximum absolute atomic E-state index is 5.91. The van der Waals surface area contributed by atoms with Gasteiger partial charge in [0.25, 0.3) is 0 Å². The van der Waals surface area contributed by atoms with E-state index in [-0.39, 0.29) is 0 Å². The molecule has 84 valence electrons. The minimum atomic E-state index is 0.505. The van der Waals surface area contributed by atoms with Crippen molar-refractivity contribution in [3.63, 3.8) is 0 Å². The molecule has 2 heteroatoms. The Hall–Kier alpha value is -0.690. The van der Waals surface area contributed by atoms with Crippen molar-refractivity contribution in [3.05, 3.63) is 28.8 Å². The highest BCUT2D eigenvalue weighted by molar-refractivity contribution is 6.30. The van der Waals surface area contributed by atoms with E-state index >= 15 is 0 Å². The van der Waals surface area contributed by atoms with Gasteiger partial charge in [-0.15, -0.1) is 0 Å². The van der Waals surface area contributed by atoms with Crippen LogP contribution in [0.4, 0.5) is 5.69 Å². The lowest BCUT2D eigenvalue weighted by Gasteiger charge is -2.18. The van der Waals surface area contributed by atoms with Crippen LogP contribution >= 0.6 is 11.6 Å². The van der Waals surface area contributed by atoms with Crippen LogP contribution in [-0.2, 0) is 0 Å². The fraction of sp³-hybridized carbons (Fsp3) is 0.538. The summed E-state index contributed by atoms with van der Waals surface area (Å²) in [7, 11) is 0. The van der Waals surface area contributed by atoms with Gasteiger partial charge in [-0.3, -0.25) is 0 Å². The molecule has 0 saturated carbocycles. The third-order valence-corrected chi connectivity index (χ3v) is 2.65. The molecule has 0 amide bonds. The molecule has 1 rings (SSSR count). The molecule has 0 radical (unpaired) electrons. The third kappa shape index (κ3) is 4.13. The van der Waals surface area contributed by atoms with Crippen molar-refractivity contribution >= 4 is 17.3 Å². The summed E-state index contributed by atoms with van der Waals surface area (Å²) in [6, 6.07) is 6.48. The van der Waals surface area contributed by atoms with Gasteiger partial charge in [-0.2, -0.15) is 0 Å². The van der Waals surface area contributed by atoms with Crippen LogP contribution in [0.1, 0.15) is 32.8 Å². The molecule has 1 unspecified atom stereocenters. The molecule has 0 bridgehead atoms. The highest BCUT2D eigenvalue weighted by Gasteiger charge is 2.06. The van der Waals surface area contributed by atoms with Crippen LogP contribution in [0.2, 0.25) is 5.02 Å². The molecule has 0 spiro atoms. The summed E-state index contributed by atoms with van der Waals surface area (Å²) in [4.78, 5) is 0. The van der Waals surface area contributed by atoms with Crippen molar-refractivity contribution in [3.8, 4) is 0 Å². The number of aryl methyl sites for hydroxylation is 1. The summed E-state index contributed by atoms with van der Waals surface area (Å²) in [5.74, 6) is 0.722. The molecular weight excluding hydrogens is 206 g/mol. The van der Waals surface area contributed by atoms with Gasteiger partial charge in [0.05, 0.1) is 0 Å². The number of rotatable bonds is 4. The number of hydrogen-bond donors (Lipinski definition) is 1. The normalized spacial score (nSPS) is 12.9. The standard InChI is InChI=1S/C13H20ClN/c1-9(2)7-11(4)15-13-6-5-12(14)8-10(13)3/h5-6,8-9,11,15H,7H2,1-4H3. The van der Waals surface area contributed by atoms with Crippen LogP contribution in [0.25, 0.3) is 0 Å². The molecule has 1 nitrogen and oxygen atoms in total. The lowest BCUT2D eigenvalue weighted by Crippen LogP contribution is -2.17.